The van der Waals surface area contributed by atoms with Gasteiger partial charge < -0.3 is 9.64 Å². The number of hydrogen-bond acceptors (Lipinski definition) is 5. The Bertz CT molecular complexity index is 1170. The number of rotatable bonds is 5. The van der Waals surface area contributed by atoms with Crippen LogP contribution < -0.4 is 0 Å². The van der Waals surface area contributed by atoms with E-state index in [1.54, 1.807) is 19.1 Å². The van der Waals surface area contributed by atoms with Gasteiger partial charge in [-0.15, -0.1) is 0 Å². The summed E-state index contributed by atoms with van der Waals surface area (Å²) in [5.74, 6) is -1.07. The predicted octanol–water partition coefficient (Wildman–Crippen LogP) is 4.05. The Kier molecular flexibility index (Phi) is 5.66. The van der Waals surface area contributed by atoms with Crippen molar-refractivity contribution in [2.24, 2.45) is 5.92 Å². The molecule has 1 amide bonds. The number of benzene rings is 1. The number of hydrogen-bond donors (Lipinski definition) is 1. The fourth-order valence-electron chi connectivity index (χ4n) is 5.00. The summed E-state index contributed by atoms with van der Waals surface area (Å²) in [6.45, 7) is 2.04. The van der Waals surface area contributed by atoms with Gasteiger partial charge in [-0.05, 0) is 50.3 Å². The molecule has 0 radical (unpaired) electrons. The summed E-state index contributed by atoms with van der Waals surface area (Å²) >= 11 is 0. The third-order valence-electron chi connectivity index (χ3n) is 6.60. The molecule has 0 aliphatic carbocycles. The van der Waals surface area contributed by atoms with Crippen molar-refractivity contribution in [2.45, 2.75) is 51.3 Å². The first-order valence-corrected chi connectivity index (χ1v) is 11.2. The van der Waals surface area contributed by atoms with Crippen LogP contribution in [0.5, 0.6) is 0 Å². The van der Waals surface area contributed by atoms with Crippen LogP contribution in [0.25, 0.3) is 11.3 Å². The van der Waals surface area contributed by atoms with Crippen molar-refractivity contribution in [1.82, 2.24) is 20.1 Å². The molecule has 5 rings (SSSR count). The number of pyridine rings is 1. The first kappa shape index (κ1) is 21.3. The molecular formula is C25H25FN4O3. The number of piperidine rings is 1. The maximum absolute atomic E-state index is 14.2. The van der Waals surface area contributed by atoms with E-state index in [-0.39, 0.29) is 42.2 Å². The van der Waals surface area contributed by atoms with Crippen LogP contribution in [0.3, 0.4) is 0 Å². The molecule has 2 aromatic heterocycles. The predicted molar refractivity (Wildman–Crippen MR) is 118 cm³/mol. The standard InChI is InChI=1S/C25H25FN4O3/c1-15-9-20(21(26)13-27-15)22-12-23(29-28-22)24(31)30-18-7-8-19(30)11-17(10-18)25(32)33-14-16-5-3-2-4-6-16/h2-6,9,12-13,17-19H,7-8,10-11,14H2,1H3,(H,28,29)/t17-,18-,19+. The van der Waals surface area contributed by atoms with Crippen LogP contribution in [0.1, 0.15) is 47.4 Å². The number of esters is 1. The number of nitrogens with one attached hydrogen (secondary N) is 1. The van der Waals surface area contributed by atoms with Gasteiger partial charge >= 0.3 is 5.97 Å². The van der Waals surface area contributed by atoms with Gasteiger partial charge in [0.25, 0.3) is 5.91 Å². The minimum Gasteiger partial charge on any atom is -0.461 e. The van der Waals surface area contributed by atoms with Crippen molar-refractivity contribution in [3.8, 4) is 11.3 Å². The minimum absolute atomic E-state index is 0.0226. The highest BCUT2D eigenvalue weighted by Gasteiger charge is 2.46. The molecule has 8 heteroatoms. The van der Waals surface area contributed by atoms with E-state index >= 15 is 0 Å². The molecule has 2 aliphatic heterocycles. The van der Waals surface area contributed by atoms with Crippen molar-refractivity contribution in [3.05, 3.63) is 71.4 Å². The van der Waals surface area contributed by atoms with Crippen molar-refractivity contribution in [1.29, 1.82) is 0 Å². The van der Waals surface area contributed by atoms with Gasteiger partial charge in [-0.25, -0.2) is 4.39 Å². The van der Waals surface area contributed by atoms with E-state index in [0.29, 0.717) is 29.8 Å². The number of aromatic nitrogens is 3. The Balaban J connectivity index is 1.25. The van der Waals surface area contributed by atoms with Crippen molar-refractivity contribution in [2.75, 3.05) is 0 Å². The second-order valence-corrected chi connectivity index (χ2v) is 8.83. The smallest absolute Gasteiger partial charge is 0.309 e. The van der Waals surface area contributed by atoms with Gasteiger partial charge in [-0.3, -0.25) is 19.7 Å². The molecule has 2 aliphatic rings. The monoisotopic (exact) mass is 448 g/mol. The number of aromatic amines is 1. The molecule has 3 atom stereocenters. The van der Waals surface area contributed by atoms with Crippen LogP contribution in [0, 0.1) is 18.7 Å². The van der Waals surface area contributed by atoms with Crippen LogP contribution in [-0.4, -0.2) is 44.0 Å². The maximum atomic E-state index is 14.2. The largest absolute Gasteiger partial charge is 0.461 e. The third-order valence-corrected chi connectivity index (χ3v) is 6.60. The second-order valence-electron chi connectivity index (χ2n) is 8.83. The lowest BCUT2D eigenvalue weighted by Crippen LogP contribution is -2.48. The summed E-state index contributed by atoms with van der Waals surface area (Å²) in [7, 11) is 0. The van der Waals surface area contributed by atoms with Crippen molar-refractivity contribution < 1.29 is 18.7 Å². The summed E-state index contributed by atoms with van der Waals surface area (Å²) < 4.78 is 19.7. The van der Waals surface area contributed by atoms with Gasteiger partial charge in [0.1, 0.15) is 6.61 Å². The second kappa shape index (κ2) is 8.77. The van der Waals surface area contributed by atoms with E-state index in [2.05, 4.69) is 15.2 Å². The molecule has 1 aromatic carbocycles. The highest BCUT2D eigenvalue weighted by Crippen LogP contribution is 2.40. The van der Waals surface area contributed by atoms with Crippen molar-refractivity contribution in [3.63, 3.8) is 0 Å². The summed E-state index contributed by atoms with van der Waals surface area (Å²) in [5, 5.41) is 6.94. The Hall–Kier alpha value is -3.55. The van der Waals surface area contributed by atoms with Gasteiger partial charge in [0.15, 0.2) is 11.5 Å². The molecule has 1 N–H and O–H groups in total. The highest BCUT2D eigenvalue weighted by molar-refractivity contribution is 5.94. The number of carbonyl (C=O) groups is 2. The van der Waals surface area contributed by atoms with Gasteiger partial charge in [-0.2, -0.15) is 5.10 Å². The Morgan fingerprint density at radius 1 is 1.15 bits per heavy atom. The van der Waals surface area contributed by atoms with E-state index in [0.717, 1.165) is 24.6 Å². The summed E-state index contributed by atoms with van der Waals surface area (Å²) in [6, 6.07) is 12.8. The zero-order valence-electron chi connectivity index (χ0n) is 18.3. The number of carbonyl (C=O) groups excluding carboxylic acids is 2. The molecule has 0 spiro atoms. The summed E-state index contributed by atoms with van der Waals surface area (Å²) in [4.78, 5) is 31.7. The van der Waals surface area contributed by atoms with E-state index in [4.69, 9.17) is 4.74 Å². The molecule has 0 saturated carbocycles. The van der Waals surface area contributed by atoms with Gasteiger partial charge in [-0.1, -0.05) is 30.3 Å². The minimum atomic E-state index is -0.474. The Morgan fingerprint density at radius 3 is 2.61 bits per heavy atom. The number of amides is 1. The first-order valence-electron chi connectivity index (χ1n) is 11.2. The van der Waals surface area contributed by atoms with Gasteiger partial charge in [0.05, 0.1) is 17.8 Å². The average Bonchev–Trinajstić information content (AvgIpc) is 3.42. The molecule has 0 unspecified atom stereocenters. The number of halogens is 1. The summed E-state index contributed by atoms with van der Waals surface area (Å²) in [5.41, 5.74) is 2.65. The molecule has 2 fully saturated rings. The van der Waals surface area contributed by atoms with Crippen LogP contribution in [0.2, 0.25) is 0 Å². The zero-order chi connectivity index (χ0) is 22.9. The topological polar surface area (TPSA) is 88.2 Å². The van der Waals surface area contributed by atoms with Crippen LogP contribution >= 0.6 is 0 Å². The van der Waals surface area contributed by atoms with E-state index in [1.165, 1.54) is 0 Å². The maximum Gasteiger partial charge on any atom is 0.309 e. The third kappa shape index (κ3) is 4.25. The molecule has 7 nitrogen and oxygen atoms in total. The van der Waals surface area contributed by atoms with E-state index < -0.39 is 5.82 Å². The van der Waals surface area contributed by atoms with Crippen LogP contribution in [0.15, 0.2) is 48.7 Å². The zero-order valence-corrected chi connectivity index (χ0v) is 18.3. The highest BCUT2D eigenvalue weighted by atomic mass is 19.1. The lowest BCUT2D eigenvalue weighted by Gasteiger charge is -2.37. The SMILES string of the molecule is Cc1cc(-c2cc(C(=O)N3[C@@H]4CC[C@H]3C[C@H](C(=O)OCc3ccccc3)C4)n[nH]2)c(F)cn1. The molecule has 33 heavy (non-hydrogen) atoms. The number of aryl methyl sites for hydroxylation is 1. The average molecular weight is 448 g/mol. The normalized spacial score (nSPS) is 21.8. The summed E-state index contributed by atoms with van der Waals surface area (Å²) in [6.07, 6.45) is 4.05. The Morgan fingerprint density at radius 2 is 1.88 bits per heavy atom. The van der Waals surface area contributed by atoms with Gasteiger partial charge in [0.2, 0.25) is 0 Å². The van der Waals surface area contributed by atoms with Crippen molar-refractivity contribution >= 4 is 11.9 Å². The Labute approximate surface area is 191 Å². The molecule has 3 aromatic rings. The van der Waals surface area contributed by atoms with E-state index in [9.17, 15) is 14.0 Å². The quantitative estimate of drug-likeness (QED) is 0.595. The van der Waals surface area contributed by atoms with Crippen LogP contribution in [0.4, 0.5) is 4.39 Å². The van der Waals surface area contributed by atoms with Gasteiger partial charge in [0, 0.05) is 23.3 Å². The molecule has 2 bridgehead atoms. The number of fused-ring (bicyclic) bond motifs is 2. The fourth-order valence-corrected chi connectivity index (χ4v) is 5.00. The lowest BCUT2D eigenvalue weighted by molar-refractivity contribution is -0.152. The molecule has 4 heterocycles. The molecule has 170 valence electrons. The fraction of sp³-hybridized carbons (Fsp3) is 0.360. The van der Waals surface area contributed by atoms with Crippen LogP contribution in [-0.2, 0) is 16.1 Å². The number of ether oxygens (including phenoxy) is 1. The number of nitrogens with zero attached hydrogens (tertiary/aromatic N) is 3. The lowest BCUT2D eigenvalue weighted by atomic mass is 9.90. The first-order chi connectivity index (χ1) is 16.0. The molecular weight excluding hydrogens is 423 g/mol. The molecule has 2 saturated heterocycles. The number of H-pyrrole nitrogens is 1. The van der Waals surface area contributed by atoms with E-state index in [1.807, 2.05) is 35.2 Å².